The zero-order valence-electron chi connectivity index (χ0n) is 12.1. The Labute approximate surface area is 128 Å². The zero-order chi connectivity index (χ0) is 15.2. The topological polar surface area (TPSA) is 55.2 Å². The largest absolute Gasteiger partial charge is 0.309 e. The van der Waals surface area contributed by atoms with Crippen LogP contribution in [-0.2, 0) is 13.1 Å². The van der Waals surface area contributed by atoms with Crippen molar-refractivity contribution >= 4 is 17.4 Å². The monoisotopic (exact) mass is 302 g/mol. The normalized spacial score (nSPS) is 10.6. The van der Waals surface area contributed by atoms with Gasteiger partial charge < -0.3 is 5.32 Å². The van der Waals surface area contributed by atoms with E-state index in [2.05, 4.69) is 35.8 Å². The van der Waals surface area contributed by atoms with E-state index in [-0.39, 0.29) is 10.6 Å². The molecule has 2 rings (SSSR count). The van der Waals surface area contributed by atoms with Crippen molar-refractivity contribution in [3.05, 3.63) is 69.3 Å². The molecule has 0 aliphatic rings. The third-order valence-electron chi connectivity index (χ3n) is 3.42. The summed E-state index contributed by atoms with van der Waals surface area (Å²) in [5, 5.41) is 14.2. The van der Waals surface area contributed by atoms with E-state index in [1.165, 1.54) is 10.5 Å². The van der Waals surface area contributed by atoms with Crippen LogP contribution in [0.25, 0.3) is 0 Å². The summed E-state index contributed by atoms with van der Waals surface area (Å²) in [7, 11) is 0. The van der Waals surface area contributed by atoms with E-state index in [0.29, 0.717) is 6.54 Å². The van der Waals surface area contributed by atoms with Crippen LogP contribution in [0.4, 0.5) is 5.69 Å². The van der Waals surface area contributed by atoms with Crippen molar-refractivity contribution in [3.8, 4) is 0 Å². The first-order chi connectivity index (χ1) is 10.1. The van der Waals surface area contributed by atoms with Gasteiger partial charge >= 0.3 is 0 Å². The first kappa shape index (κ1) is 15.5. The SMILES string of the molecule is CSc1ccc(CNCc2cccc([N+](=O)[O-])c2C)cc1. The summed E-state index contributed by atoms with van der Waals surface area (Å²) in [5.74, 6) is 0. The van der Waals surface area contributed by atoms with Gasteiger partial charge in [0.15, 0.2) is 0 Å². The molecule has 0 bridgehead atoms. The van der Waals surface area contributed by atoms with Gasteiger partial charge in [-0.1, -0.05) is 24.3 Å². The molecule has 0 aromatic heterocycles. The van der Waals surface area contributed by atoms with Crippen LogP contribution in [0.1, 0.15) is 16.7 Å². The number of thioether (sulfide) groups is 1. The average Bonchev–Trinajstić information content (AvgIpc) is 2.49. The molecule has 2 aromatic rings. The standard InChI is InChI=1S/C16H18N2O2S/c1-12-14(4-3-5-16(12)18(19)20)11-17-10-13-6-8-15(21-2)9-7-13/h3-9,17H,10-11H2,1-2H3. The summed E-state index contributed by atoms with van der Waals surface area (Å²) in [6.45, 7) is 3.16. The second-order valence-corrected chi connectivity index (χ2v) is 5.65. The molecule has 0 fully saturated rings. The van der Waals surface area contributed by atoms with Crippen LogP contribution in [0.2, 0.25) is 0 Å². The van der Waals surface area contributed by atoms with Gasteiger partial charge in [0.2, 0.25) is 0 Å². The smallest absolute Gasteiger partial charge is 0.272 e. The number of nitrogens with one attached hydrogen (secondary N) is 1. The Morgan fingerprint density at radius 3 is 2.48 bits per heavy atom. The van der Waals surface area contributed by atoms with Crippen LogP contribution in [0.3, 0.4) is 0 Å². The lowest BCUT2D eigenvalue weighted by Gasteiger charge is -2.08. The number of hydrogen-bond acceptors (Lipinski definition) is 4. The molecule has 4 nitrogen and oxygen atoms in total. The van der Waals surface area contributed by atoms with Gasteiger partial charge in [0, 0.05) is 29.6 Å². The highest BCUT2D eigenvalue weighted by atomic mass is 32.2. The number of rotatable bonds is 6. The molecule has 0 saturated carbocycles. The second kappa shape index (κ2) is 7.24. The molecule has 0 amide bonds. The Bertz CT molecular complexity index is 627. The minimum atomic E-state index is -0.333. The van der Waals surface area contributed by atoms with Gasteiger partial charge in [0.25, 0.3) is 5.69 Å². The van der Waals surface area contributed by atoms with Gasteiger partial charge in [0.05, 0.1) is 4.92 Å². The van der Waals surface area contributed by atoms with Crippen LogP contribution in [0.5, 0.6) is 0 Å². The molecule has 0 atom stereocenters. The highest BCUT2D eigenvalue weighted by molar-refractivity contribution is 7.98. The van der Waals surface area contributed by atoms with Crippen molar-refractivity contribution in [1.82, 2.24) is 5.32 Å². The van der Waals surface area contributed by atoms with E-state index in [1.54, 1.807) is 30.8 Å². The van der Waals surface area contributed by atoms with E-state index in [0.717, 1.165) is 17.7 Å². The minimum absolute atomic E-state index is 0.179. The van der Waals surface area contributed by atoms with Gasteiger partial charge in [-0.15, -0.1) is 11.8 Å². The lowest BCUT2D eigenvalue weighted by atomic mass is 10.1. The van der Waals surface area contributed by atoms with Crippen LogP contribution < -0.4 is 5.32 Å². The predicted octanol–water partition coefficient (Wildman–Crippen LogP) is 3.91. The Balaban J connectivity index is 1.97. The molecule has 5 heteroatoms. The first-order valence-electron chi connectivity index (χ1n) is 6.68. The summed E-state index contributed by atoms with van der Waals surface area (Å²) in [6, 6.07) is 13.6. The van der Waals surface area contributed by atoms with Crippen molar-refractivity contribution in [1.29, 1.82) is 0 Å². The fourth-order valence-corrected chi connectivity index (χ4v) is 2.55. The minimum Gasteiger partial charge on any atom is -0.309 e. The van der Waals surface area contributed by atoms with Gasteiger partial charge in [-0.3, -0.25) is 10.1 Å². The molecule has 1 N–H and O–H groups in total. The molecule has 0 spiro atoms. The van der Waals surface area contributed by atoms with Gasteiger partial charge in [-0.2, -0.15) is 0 Å². The lowest BCUT2D eigenvalue weighted by Crippen LogP contribution is -2.13. The maximum Gasteiger partial charge on any atom is 0.272 e. The number of hydrogen-bond donors (Lipinski definition) is 1. The van der Waals surface area contributed by atoms with Crippen LogP contribution in [0, 0.1) is 17.0 Å². The summed E-state index contributed by atoms with van der Waals surface area (Å²) in [4.78, 5) is 11.8. The quantitative estimate of drug-likeness (QED) is 0.499. The molecular weight excluding hydrogens is 284 g/mol. The van der Waals surface area contributed by atoms with Crippen molar-refractivity contribution in [2.45, 2.75) is 24.9 Å². The lowest BCUT2D eigenvalue weighted by molar-refractivity contribution is -0.385. The molecule has 2 aromatic carbocycles. The molecule has 0 aliphatic heterocycles. The maximum absolute atomic E-state index is 10.9. The van der Waals surface area contributed by atoms with E-state index >= 15 is 0 Å². The van der Waals surface area contributed by atoms with E-state index in [1.807, 2.05) is 6.07 Å². The fourth-order valence-electron chi connectivity index (χ4n) is 2.14. The van der Waals surface area contributed by atoms with Gasteiger partial charge in [-0.05, 0) is 36.4 Å². The number of nitro benzene ring substituents is 1. The summed E-state index contributed by atoms with van der Waals surface area (Å²) in [6.07, 6.45) is 2.05. The molecule has 0 aliphatic carbocycles. The summed E-state index contributed by atoms with van der Waals surface area (Å²) < 4.78 is 0. The summed E-state index contributed by atoms with van der Waals surface area (Å²) >= 11 is 1.72. The fraction of sp³-hybridized carbons (Fsp3) is 0.250. The molecule has 110 valence electrons. The Kier molecular flexibility index (Phi) is 5.36. The highest BCUT2D eigenvalue weighted by Gasteiger charge is 2.12. The molecule has 0 radical (unpaired) electrons. The van der Waals surface area contributed by atoms with E-state index in [4.69, 9.17) is 0 Å². The molecule has 0 heterocycles. The van der Waals surface area contributed by atoms with Crippen molar-refractivity contribution in [2.75, 3.05) is 6.26 Å². The van der Waals surface area contributed by atoms with Crippen molar-refractivity contribution in [2.24, 2.45) is 0 Å². The number of nitrogens with zero attached hydrogens (tertiary/aromatic N) is 1. The number of benzene rings is 2. The third kappa shape index (κ3) is 4.06. The van der Waals surface area contributed by atoms with E-state index in [9.17, 15) is 10.1 Å². The zero-order valence-corrected chi connectivity index (χ0v) is 12.9. The van der Waals surface area contributed by atoms with Crippen LogP contribution in [0.15, 0.2) is 47.4 Å². The van der Waals surface area contributed by atoms with Crippen molar-refractivity contribution in [3.63, 3.8) is 0 Å². The highest BCUT2D eigenvalue weighted by Crippen LogP contribution is 2.21. The molecule has 0 unspecified atom stereocenters. The van der Waals surface area contributed by atoms with Gasteiger partial charge in [0.1, 0.15) is 0 Å². The third-order valence-corrected chi connectivity index (χ3v) is 4.16. The van der Waals surface area contributed by atoms with Crippen LogP contribution in [-0.4, -0.2) is 11.2 Å². The second-order valence-electron chi connectivity index (χ2n) is 4.77. The number of nitro groups is 1. The van der Waals surface area contributed by atoms with Gasteiger partial charge in [-0.25, -0.2) is 0 Å². The van der Waals surface area contributed by atoms with E-state index < -0.39 is 0 Å². The average molecular weight is 302 g/mol. The first-order valence-corrected chi connectivity index (χ1v) is 7.91. The van der Waals surface area contributed by atoms with Crippen molar-refractivity contribution < 1.29 is 4.92 Å². The molecule has 0 saturated heterocycles. The summed E-state index contributed by atoms with van der Waals surface area (Å²) in [5.41, 5.74) is 3.08. The predicted molar refractivity (Wildman–Crippen MR) is 86.6 cm³/mol. The van der Waals surface area contributed by atoms with Crippen LogP contribution >= 0.6 is 11.8 Å². The maximum atomic E-state index is 10.9. The Hall–Kier alpha value is -1.85. The Morgan fingerprint density at radius 1 is 1.14 bits per heavy atom. The molecular formula is C16H18N2O2S. The molecule has 21 heavy (non-hydrogen) atoms. The Morgan fingerprint density at radius 2 is 1.86 bits per heavy atom.